The van der Waals surface area contributed by atoms with Crippen molar-refractivity contribution >= 4 is 22.6 Å². The van der Waals surface area contributed by atoms with E-state index in [0.717, 1.165) is 17.7 Å². The van der Waals surface area contributed by atoms with Gasteiger partial charge in [-0.15, -0.1) is 0 Å². The third-order valence-corrected chi connectivity index (χ3v) is 4.90. The zero-order valence-electron chi connectivity index (χ0n) is 17.4. The molecule has 8 heteroatoms. The van der Waals surface area contributed by atoms with Crippen LogP contribution >= 0.6 is 0 Å². The zero-order chi connectivity index (χ0) is 23.6. The van der Waals surface area contributed by atoms with Crippen LogP contribution in [0.4, 0.5) is 18.9 Å². The fourth-order valence-electron chi connectivity index (χ4n) is 3.36. The third-order valence-electron chi connectivity index (χ3n) is 4.90. The Balaban J connectivity index is 1.67. The Morgan fingerprint density at radius 2 is 1.70 bits per heavy atom. The molecule has 1 heterocycles. The molecule has 3 aromatic carbocycles. The molecule has 0 aliphatic rings. The molecule has 0 bridgehead atoms. The Morgan fingerprint density at radius 3 is 2.42 bits per heavy atom. The van der Waals surface area contributed by atoms with Gasteiger partial charge in [-0.3, -0.25) is 9.59 Å². The van der Waals surface area contributed by atoms with Crippen LogP contribution in [0, 0.1) is 6.92 Å². The number of carbonyl (C=O) groups is 1. The first-order valence-electron chi connectivity index (χ1n) is 9.96. The monoisotopic (exact) mass is 453 g/mol. The lowest BCUT2D eigenvalue weighted by Gasteiger charge is -2.14. The van der Waals surface area contributed by atoms with Crippen LogP contribution in [0.3, 0.4) is 0 Å². The van der Waals surface area contributed by atoms with Crippen molar-refractivity contribution in [1.82, 2.24) is 0 Å². The molecular formula is C25H18F3NO4. The second-order valence-electron chi connectivity index (χ2n) is 7.34. The second kappa shape index (κ2) is 8.82. The molecule has 0 unspecified atom stereocenters. The van der Waals surface area contributed by atoms with Crippen LogP contribution < -0.4 is 15.5 Å². The number of benzene rings is 3. The maximum absolute atomic E-state index is 13.2. The number of hydrogen-bond donors (Lipinski definition) is 1. The number of para-hydroxylation sites is 1. The smallest absolute Gasteiger partial charge is 0.418 e. The summed E-state index contributed by atoms with van der Waals surface area (Å²) in [5.74, 6) is -0.923. The lowest BCUT2D eigenvalue weighted by Crippen LogP contribution is -2.24. The van der Waals surface area contributed by atoms with Gasteiger partial charge in [-0.2, -0.15) is 13.2 Å². The van der Waals surface area contributed by atoms with E-state index in [1.165, 1.54) is 12.1 Å². The van der Waals surface area contributed by atoms with E-state index in [9.17, 15) is 22.8 Å². The quantitative estimate of drug-likeness (QED) is 0.414. The molecule has 4 rings (SSSR count). The number of anilines is 1. The normalized spacial score (nSPS) is 11.4. The highest BCUT2D eigenvalue weighted by Crippen LogP contribution is 2.35. The van der Waals surface area contributed by atoms with Gasteiger partial charge in [0.25, 0.3) is 5.91 Å². The van der Waals surface area contributed by atoms with Gasteiger partial charge < -0.3 is 14.5 Å². The molecule has 0 aliphatic heterocycles. The summed E-state index contributed by atoms with van der Waals surface area (Å²) in [7, 11) is 0. The summed E-state index contributed by atoms with van der Waals surface area (Å²) in [6, 6.07) is 18.4. The van der Waals surface area contributed by atoms with Crippen molar-refractivity contribution in [2.75, 3.05) is 11.9 Å². The predicted octanol–water partition coefficient (Wildman–Crippen LogP) is 5.80. The van der Waals surface area contributed by atoms with Crippen LogP contribution in [0.25, 0.3) is 22.3 Å². The van der Waals surface area contributed by atoms with Crippen LogP contribution in [0.15, 0.2) is 82.0 Å². The minimum atomic E-state index is -4.64. The van der Waals surface area contributed by atoms with E-state index < -0.39 is 35.4 Å². The Bertz CT molecular complexity index is 1380. The van der Waals surface area contributed by atoms with Crippen molar-refractivity contribution in [2.45, 2.75) is 13.1 Å². The SMILES string of the molecule is Cc1ccc2c(=O)c(OCC(=O)Nc3ccccc3C(F)(F)F)c(-c3ccccc3)oc2c1. The highest BCUT2D eigenvalue weighted by atomic mass is 19.4. The fourth-order valence-corrected chi connectivity index (χ4v) is 3.36. The molecular weight excluding hydrogens is 435 g/mol. The van der Waals surface area contributed by atoms with E-state index >= 15 is 0 Å². The van der Waals surface area contributed by atoms with Crippen LogP contribution in [0.5, 0.6) is 5.75 Å². The highest BCUT2D eigenvalue weighted by Gasteiger charge is 2.33. The third kappa shape index (κ3) is 4.74. The number of carbonyl (C=O) groups excluding carboxylic acids is 1. The summed E-state index contributed by atoms with van der Waals surface area (Å²) in [5.41, 5.74) is -0.0722. The van der Waals surface area contributed by atoms with Gasteiger partial charge >= 0.3 is 6.18 Å². The topological polar surface area (TPSA) is 68.5 Å². The predicted molar refractivity (Wildman–Crippen MR) is 118 cm³/mol. The molecule has 0 fully saturated rings. The fraction of sp³-hybridized carbons (Fsp3) is 0.120. The summed E-state index contributed by atoms with van der Waals surface area (Å²) in [6.45, 7) is 1.17. The maximum atomic E-state index is 13.2. The molecule has 0 saturated carbocycles. The van der Waals surface area contributed by atoms with Gasteiger partial charge in [-0.25, -0.2) is 0 Å². The number of amides is 1. The number of hydrogen-bond acceptors (Lipinski definition) is 4. The Labute approximate surface area is 186 Å². The Morgan fingerprint density at radius 1 is 1.00 bits per heavy atom. The summed E-state index contributed by atoms with van der Waals surface area (Å²) < 4.78 is 51.0. The van der Waals surface area contributed by atoms with Crippen molar-refractivity contribution in [3.05, 3.63) is 94.1 Å². The van der Waals surface area contributed by atoms with Crippen LogP contribution in [-0.2, 0) is 11.0 Å². The summed E-state index contributed by atoms with van der Waals surface area (Å²) in [5, 5.41) is 2.46. The molecule has 1 aromatic heterocycles. The average molecular weight is 453 g/mol. The first kappa shape index (κ1) is 22.1. The van der Waals surface area contributed by atoms with Gasteiger partial charge in [0, 0.05) is 5.56 Å². The number of rotatable bonds is 5. The molecule has 0 atom stereocenters. The van der Waals surface area contributed by atoms with Gasteiger partial charge in [-0.05, 0) is 36.8 Å². The minimum Gasteiger partial charge on any atom is -0.476 e. The minimum absolute atomic E-state index is 0.127. The Kier molecular flexibility index (Phi) is 5.91. The highest BCUT2D eigenvalue weighted by molar-refractivity contribution is 5.93. The number of aryl methyl sites for hydroxylation is 1. The number of fused-ring (bicyclic) bond motifs is 1. The first-order valence-corrected chi connectivity index (χ1v) is 9.96. The summed E-state index contributed by atoms with van der Waals surface area (Å²) in [4.78, 5) is 25.5. The van der Waals surface area contributed by atoms with Crippen LogP contribution in [0.2, 0.25) is 0 Å². The van der Waals surface area contributed by atoms with E-state index in [2.05, 4.69) is 5.32 Å². The van der Waals surface area contributed by atoms with E-state index in [-0.39, 0.29) is 16.9 Å². The lowest BCUT2D eigenvalue weighted by atomic mass is 10.1. The molecule has 1 amide bonds. The number of ether oxygens (including phenoxy) is 1. The second-order valence-corrected chi connectivity index (χ2v) is 7.34. The van der Waals surface area contributed by atoms with Crippen LogP contribution in [-0.4, -0.2) is 12.5 Å². The molecule has 4 aromatic rings. The first-order chi connectivity index (χ1) is 15.7. The summed E-state index contributed by atoms with van der Waals surface area (Å²) in [6.07, 6.45) is -4.64. The molecule has 0 spiro atoms. The van der Waals surface area contributed by atoms with E-state index in [4.69, 9.17) is 9.15 Å². The zero-order valence-corrected chi connectivity index (χ0v) is 17.4. The Hall–Kier alpha value is -4.07. The van der Waals surface area contributed by atoms with Crippen molar-refractivity contribution in [2.24, 2.45) is 0 Å². The van der Waals surface area contributed by atoms with Crippen molar-refractivity contribution in [1.29, 1.82) is 0 Å². The van der Waals surface area contributed by atoms with Gasteiger partial charge in [0.15, 0.2) is 12.4 Å². The molecule has 1 N–H and O–H groups in total. The van der Waals surface area contributed by atoms with Crippen LogP contribution in [0.1, 0.15) is 11.1 Å². The number of alkyl halides is 3. The molecule has 0 aliphatic carbocycles. The van der Waals surface area contributed by atoms with Crippen molar-refractivity contribution < 1.29 is 27.1 Å². The van der Waals surface area contributed by atoms with E-state index in [1.807, 2.05) is 6.92 Å². The van der Waals surface area contributed by atoms with Gasteiger partial charge in [0.2, 0.25) is 11.2 Å². The molecule has 0 saturated heterocycles. The van der Waals surface area contributed by atoms with E-state index in [0.29, 0.717) is 11.1 Å². The van der Waals surface area contributed by atoms with Gasteiger partial charge in [0.05, 0.1) is 16.6 Å². The molecule has 168 valence electrons. The lowest BCUT2D eigenvalue weighted by molar-refractivity contribution is -0.137. The van der Waals surface area contributed by atoms with E-state index in [1.54, 1.807) is 48.5 Å². The van der Waals surface area contributed by atoms with Gasteiger partial charge in [0.1, 0.15) is 5.58 Å². The number of halogens is 3. The molecule has 5 nitrogen and oxygen atoms in total. The molecule has 33 heavy (non-hydrogen) atoms. The largest absolute Gasteiger partial charge is 0.476 e. The number of nitrogens with one attached hydrogen (secondary N) is 1. The molecule has 0 radical (unpaired) electrons. The van der Waals surface area contributed by atoms with Crippen molar-refractivity contribution in [3.8, 4) is 17.1 Å². The average Bonchev–Trinajstić information content (AvgIpc) is 2.78. The summed E-state index contributed by atoms with van der Waals surface area (Å²) >= 11 is 0. The van der Waals surface area contributed by atoms with Crippen molar-refractivity contribution in [3.63, 3.8) is 0 Å². The van der Waals surface area contributed by atoms with Gasteiger partial charge in [-0.1, -0.05) is 48.5 Å². The maximum Gasteiger partial charge on any atom is 0.418 e. The standard InChI is InChI=1S/C25H18F3NO4/c1-15-11-12-17-20(13-15)33-23(16-7-3-2-4-8-16)24(22(17)31)32-14-21(30)29-19-10-6-5-9-18(19)25(26,27)28/h2-13H,14H2,1H3,(H,29,30).